The van der Waals surface area contributed by atoms with Gasteiger partial charge in [0.05, 0.1) is 17.3 Å². The molecule has 3 heterocycles. The normalized spacial score (nSPS) is 18.0. The van der Waals surface area contributed by atoms with Crippen LogP contribution in [0, 0.1) is 18.7 Å². The van der Waals surface area contributed by atoms with Gasteiger partial charge in [-0.15, -0.1) is 0 Å². The van der Waals surface area contributed by atoms with Gasteiger partial charge in [-0.3, -0.25) is 9.78 Å². The maximum Gasteiger partial charge on any atom is 0.273 e. The Kier molecular flexibility index (Phi) is 6.73. The summed E-state index contributed by atoms with van der Waals surface area (Å²) in [5, 5.41) is 3.61. The highest BCUT2D eigenvalue weighted by Crippen LogP contribution is 2.46. The van der Waals surface area contributed by atoms with Crippen molar-refractivity contribution < 1.29 is 22.5 Å². The third-order valence-electron chi connectivity index (χ3n) is 7.32. The Hall–Kier alpha value is -3.00. The van der Waals surface area contributed by atoms with Gasteiger partial charge in [0.2, 0.25) is 5.91 Å². The molecule has 1 aliphatic carbocycles. The van der Waals surface area contributed by atoms with Gasteiger partial charge in [-0.1, -0.05) is 24.6 Å². The number of carbonyl (C=O) groups excluding carboxylic acids is 1. The molecule has 2 aromatic heterocycles. The molecule has 1 amide bonds. The number of aryl methyl sites for hydroxylation is 1. The third-order valence-corrected chi connectivity index (χ3v) is 10.2. The number of pyridine rings is 1. The molecule has 5 rings (SSSR count). The first-order valence-electron chi connectivity index (χ1n) is 12.5. The minimum Gasteiger partial charge on any atom is -0.365 e. The Balaban J connectivity index is 1.39. The average molecular weight is 532 g/mol. The van der Waals surface area contributed by atoms with Gasteiger partial charge >= 0.3 is 0 Å². The number of anilines is 1. The van der Waals surface area contributed by atoms with Crippen LogP contribution in [0.2, 0.25) is 0 Å². The van der Waals surface area contributed by atoms with Crippen molar-refractivity contribution in [3.8, 4) is 0 Å². The van der Waals surface area contributed by atoms with Crippen LogP contribution in [0.3, 0.4) is 0 Å². The summed E-state index contributed by atoms with van der Waals surface area (Å²) in [7, 11) is -2.84. The molecule has 0 atom stereocenters. The van der Waals surface area contributed by atoms with Crippen molar-refractivity contribution >= 4 is 35.2 Å². The zero-order valence-corrected chi connectivity index (χ0v) is 21.7. The van der Waals surface area contributed by atoms with Gasteiger partial charge in [0.15, 0.2) is 0 Å². The predicted molar refractivity (Wildman–Crippen MR) is 136 cm³/mol. The number of halogens is 3. The Labute approximate surface area is 213 Å². The monoisotopic (exact) mass is 531 g/mol. The van der Waals surface area contributed by atoms with Crippen molar-refractivity contribution in [2.24, 2.45) is 5.92 Å². The molecule has 3 aromatic rings. The summed E-state index contributed by atoms with van der Waals surface area (Å²) in [6.45, 7) is 3.18. The third kappa shape index (κ3) is 5.08. The summed E-state index contributed by atoms with van der Waals surface area (Å²) in [5.41, 5.74) is 0.389. The van der Waals surface area contributed by atoms with Gasteiger partial charge in [0.1, 0.15) is 30.0 Å². The van der Waals surface area contributed by atoms with Crippen LogP contribution in [-0.4, -0.2) is 51.2 Å². The van der Waals surface area contributed by atoms with Gasteiger partial charge in [0.25, 0.3) is 5.92 Å². The van der Waals surface area contributed by atoms with Crippen molar-refractivity contribution in [3.63, 3.8) is 0 Å². The molecule has 0 radical (unpaired) electrons. The van der Waals surface area contributed by atoms with Crippen LogP contribution in [0.1, 0.15) is 43.1 Å². The number of fused-ring (bicyclic) bond motifs is 1. The fourth-order valence-corrected chi connectivity index (χ4v) is 7.32. The number of hydrogen-bond donors (Lipinski definition) is 1. The summed E-state index contributed by atoms with van der Waals surface area (Å²) >= 11 is 0. The highest BCUT2D eigenvalue weighted by atomic mass is 31.2. The zero-order valence-electron chi connectivity index (χ0n) is 20.8. The van der Waals surface area contributed by atoms with Crippen molar-refractivity contribution in [3.05, 3.63) is 53.2 Å². The molecule has 7 nitrogen and oxygen atoms in total. The van der Waals surface area contributed by atoms with Crippen LogP contribution >= 0.6 is 7.14 Å². The Morgan fingerprint density at radius 1 is 1.22 bits per heavy atom. The van der Waals surface area contributed by atoms with Crippen LogP contribution in [0.4, 0.5) is 19.0 Å². The highest BCUT2D eigenvalue weighted by molar-refractivity contribution is 7.71. The molecule has 2 fully saturated rings. The summed E-state index contributed by atoms with van der Waals surface area (Å²) in [6, 6.07) is 5.61. The van der Waals surface area contributed by atoms with Gasteiger partial charge in [-0.05, 0) is 25.8 Å². The molecule has 0 bridgehead atoms. The summed E-state index contributed by atoms with van der Waals surface area (Å²) < 4.78 is 56.1. The fraction of sp³-hybridized carbons (Fsp3) is 0.462. The first-order valence-corrected chi connectivity index (χ1v) is 14.5. The van der Waals surface area contributed by atoms with Crippen LogP contribution in [0.5, 0.6) is 0 Å². The number of alkyl halides is 2. The van der Waals surface area contributed by atoms with Gasteiger partial charge < -0.3 is 14.8 Å². The Morgan fingerprint density at radius 3 is 2.59 bits per heavy atom. The number of rotatable bonds is 6. The second-order valence-electron chi connectivity index (χ2n) is 9.99. The average Bonchev–Trinajstić information content (AvgIpc) is 2.81. The second-order valence-corrected chi connectivity index (χ2v) is 13.1. The van der Waals surface area contributed by atoms with E-state index in [4.69, 9.17) is 0 Å². The molecular formula is C26H29F3N5O2P. The smallest absolute Gasteiger partial charge is 0.273 e. The first-order chi connectivity index (χ1) is 17.5. The van der Waals surface area contributed by atoms with E-state index in [2.05, 4.69) is 20.3 Å². The molecule has 11 heteroatoms. The molecule has 1 saturated heterocycles. The van der Waals surface area contributed by atoms with E-state index in [1.165, 1.54) is 12.1 Å². The second kappa shape index (κ2) is 9.71. The molecule has 0 unspecified atom stereocenters. The minimum absolute atomic E-state index is 0.0745. The molecule has 2 aliphatic rings. The van der Waals surface area contributed by atoms with Crippen molar-refractivity contribution in [2.45, 2.75) is 45.6 Å². The van der Waals surface area contributed by atoms with E-state index in [0.29, 0.717) is 60.3 Å². The lowest BCUT2D eigenvalue weighted by atomic mass is 9.84. The van der Waals surface area contributed by atoms with E-state index >= 15 is 0 Å². The lowest BCUT2D eigenvalue weighted by molar-refractivity contribution is -0.137. The molecule has 1 aliphatic heterocycles. The quantitative estimate of drug-likeness (QED) is 0.459. The SMILES string of the molecule is Cc1nc(NCc2cccc(C(C)(F)F)c2F)c2cc(P3(=O)CCN(C(=O)C4CCC4)CC3)ncc2n1. The summed E-state index contributed by atoms with van der Waals surface area (Å²) in [6.07, 6.45) is 5.23. The Morgan fingerprint density at radius 2 is 1.95 bits per heavy atom. The standard InChI is InChI=1S/C26H29F3N5O2P/c1-16-32-21-15-30-22(37(36)11-9-34(10-12-37)25(35)17-5-3-6-17)13-19(21)24(33-16)31-14-18-7-4-8-20(23(18)27)26(2,28)29/h4,7-8,13,15,17H,3,5-6,9-12,14H2,1-2H3,(H,31,32,33). The lowest BCUT2D eigenvalue weighted by Crippen LogP contribution is -2.45. The molecular weight excluding hydrogens is 502 g/mol. The molecule has 1 N–H and O–H groups in total. The van der Waals surface area contributed by atoms with Crippen molar-refractivity contribution in [1.82, 2.24) is 19.9 Å². The molecule has 196 valence electrons. The first kappa shape index (κ1) is 25.6. The Bertz CT molecular complexity index is 1390. The highest BCUT2D eigenvalue weighted by Gasteiger charge is 2.37. The van der Waals surface area contributed by atoms with Crippen LogP contribution in [0.15, 0.2) is 30.5 Å². The number of benzene rings is 1. The summed E-state index contributed by atoms with van der Waals surface area (Å²) in [5.74, 6) is -3.16. The lowest BCUT2D eigenvalue weighted by Gasteiger charge is -2.36. The number of aromatic nitrogens is 3. The van der Waals surface area contributed by atoms with Crippen molar-refractivity contribution in [2.75, 3.05) is 30.7 Å². The van der Waals surface area contributed by atoms with E-state index in [9.17, 15) is 22.5 Å². The predicted octanol–water partition coefficient (Wildman–Crippen LogP) is 4.83. The molecule has 1 aromatic carbocycles. The molecule has 37 heavy (non-hydrogen) atoms. The van der Waals surface area contributed by atoms with Crippen LogP contribution in [0.25, 0.3) is 10.9 Å². The summed E-state index contributed by atoms with van der Waals surface area (Å²) in [4.78, 5) is 27.7. The maximum atomic E-state index is 14.8. The zero-order chi connectivity index (χ0) is 26.4. The topological polar surface area (TPSA) is 88.1 Å². The van der Waals surface area contributed by atoms with E-state index < -0.39 is 24.4 Å². The number of nitrogens with one attached hydrogen (secondary N) is 1. The van der Waals surface area contributed by atoms with E-state index in [1.54, 1.807) is 19.2 Å². The maximum absolute atomic E-state index is 14.8. The van der Waals surface area contributed by atoms with E-state index in [-0.39, 0.29) is 23.9 Å². The van der Waals surface area contributed by atoms with E-state index in [0.717, 1.165) is 25.3 Å². The fourth-order valence-electron chi connectivity index (χ4n) is 4.88. The van der Waals surface area contributed by atoms with Gasteiger partial charge in [-0.2, -0.15) is 0 Å². The van der Waals surface area contributed by atoms with Crippen LogP contribution < -0.4 is 10.8 Å². The van der Waals surface area contributed by atoms with Gasteiger partial charge in [-0.25, -0.2) is 23.1 Å². The number of carbonyl (C=O) groups is 1. The molecule has 0 spiro atoms. The molecule has 1 saturated carbocycles. The van der Waals surface area contributed by atoms with Crippen LogP contribution in [-0.2, 0) is 21.8 Å². The van der Waals surface area contributed by atoms with Gasteiger partial charge in [0, 0.05) is 55.7 Å². The number of nitrogens with zero attached hydrogens (tertiary/aromatic N) is 4. The number of amides is 1. The minimum atomic E-state index is -3.30. The largest absolute Gasteiger partial charge is 0.365 e. The van der Waals surface area contributed by atoms with Crippen molar-refractivity contribution in [1.29, 1.82) is 0 Å². The number of hydrogen-bond acceptors (Lipinski definition) is 6. The van der Waals surface area contributed by atoms with E-state index in [1.807, 2.05) is 4.90 Å².